The summed E-state index contributed by atoms with van der Waals surface area (Å²) in [6.45, 7) is 3.69. The fourth-order valence-corrected chi connectivity index (χ4v) is 3.87. The van der Waals surface area contributed by atoms with Crippen molar-refractivity contribution in [2.24, 2.45) is 5.73 Å². The number of hydrogen-bond donors (Lipinski definition) is 1. The number of amides is 1. The van der Waals surface area contributed by atoms with Gasteiger partial charge in [-0.3, -0.25) is 14.0 Å². The molecule has 23 heavy (non-hydrogen) atoms. The van der Waals surface area contributed by atoms with Crippen molar-refractivity contribution in [3.8, 4) is 11.4 Å². The Kier molecular flexibility index (Phi) is 3.95. The maximum absolute atomic E-state index is 11.8. The molecule has 1 unspecified atom stereocenters. The van der Waals surface area contributed by atoms with Gasteiger partial charge in [0.1, 0.15) is 10.5 Å². The third-order valence-corrected chi connectivity index (χ3v) is 5.28. The van der Waals surface area contributed by atoms with Gasteiger partial charge < -0.3 is 5.73 Å². The summed E-state index contributed by atoms with van der Waals surface area (Å²) in [4.78, 5) is 25.9. The molecular weight excluding hydrogens is 332 g/mol. The molecule has 0 bridgehead atoms. The molecule has 6 nitrogen and oxygen atoms in total. The van der Waals surface area contributed by atoms with Gasteiger partial charge in [0, 0.05) is 17.3 Å². The van der Waals surface area contributed by atoms with Gasteiger partial charge in [-0.15, -0.1) is 11.3 Å². The summed E-state index contributed by atoms with van der Waals surface area (Å²) in [6.07, 6.45) is 1.52. The summed E-state index contributed by atoms with van der Waals surface area (Å²) < 4.78 is 11.8. The second-order valence-corrected chi connectivity index (χ2v) is 7.35. The number of aromatic nitrogens is 3. The van der Waals surface area contributed by atoms with Gasteiger partial charge in [0.25, 0.3) is 5.91 Å². The third-order valence-electron chi connectivity index (χ3n) is 3.38. The number of hydrogen-bond acceptors (Lipinski definition) is 6. The third kappa shape index (κ3) is 2.75. The highest BCUT2D eigenvalue weighted by molar-refractivity contribution is 7.84. The molecule has 0 aliphatic carbocycles. The number of carbonyl (C=O) groups excluding carboxylic acids is 1. The van der Waals surface area contributed by atoms with E-state index in [9.17, 15) is 9.00 Å². The Labute approximate surface area is 139 Å². The highest BCUT2D eigenvalue weighted by Crippen LogP contribution is 2.35. The minimum Gasteiger partial charge on any atom is -0.365 e. The van der Waals surface area contributed by atoms with Crippen molar-refractivity contribution >= 4 is 38.3 Å². The van der Waals surface area contributed by atoms with Gasteiger partial charge in [-0.1, -0.05) is 6.07 Å². The average molecular weight is 346 g/mol. The SMILES string of the molecule is Cc1cccc(-c2nc(S(C)=O)nc3sc(C(N)=O)c(C)c23)n1. The van der Waals surface area contributed by atoms with Gasteiger partial charge in [0.2, 0.25) is 5.16 Å². The molecule has 0 saturated carbocycles. The van der Waals surface area contributed by atoms with Crippen molar-refractivity contribution in [1.29, 1.82) is 0 Å². The summed E-state index contributed by atoms with van der Waals surface area (Å²) in [5, 5.41) is 0.948. The van der Waals surface area contributed by atoms with Crippen LogP contribution in [0.2, 0.25) is 0 Å². The number of nitrogens with zero attached hydrogens (tertiary/aromatic N) is 3. The molecular formula is C15H14N4O2S2. The molecule has 0 aliphatic rings. The number of rotatable bonds is 3. The van der Waals surface area contributed by atoms with Crippen molar-refractivity contribution < 1.29 is 9.00 Å². The number of fused-ring (bicyclic) bond motifs is 1. The van der Waals surface area contributed by atoms with Crippen LogP contribution in [0, 0.1) is 13.8 Å². The molecule has 1 atom stereocenters. The highest BCUT2D eigenvalue weighted by Gasteiger charge is 2.21. The molecule has 8 heteroatoms. The van der Waals surface area contributed by atoms with Crippen LogP contribution in [-0.2, 0) is 10.8 Å². The van der Waals surface area contributed by atoms with Crippen molar-refractivity contribution in [3.05, 3.63) is 34.3 Å². The zero-order chi connectivity index (χ0) is 16.7. The van der Waals surface area contributed by atoms with Gasteiger partial charge >= 0.3 is 0 Å². The van der Waals surface area contributed by atoms with Crippen LogP contribution in [-0.4, -0.2) is 31.3 Å². The monoisotopic (exact) mass is 346 g/mol. The van der Waals surface area contributed by atoms with Crippen molar-refractivity contribution in [2.75, 3.05) is 6.26 Å². The topological polar surface area (TPSA) is 98.8 Å². The van der Waals surface area contributed by atoms with Crippen LogP contribution in [0.5, 0.6) is 0 Å². The van der Waals surface area contributed by atoms with Crippen molar-refractivity contribution in [3.63, 3.8) is 0 Å². The first-order valence-corrected chi connectivity index (χ1v) is 9.14. The van der Waals surface area contributed by atoms with Gasteiger partial charge in [0.05, 0.1) is 21.4 Å². The Morgan fingerprint density at radius 3 is 2.57 bits per heavy atom. The zero-order valence-corrected chi connectivity index (χ0v) is 14.4. The van der Waals surface area contributed by atoms with Crippen LogP contribution in [0.25, 0.3) is 21.6 Å². The lowest BCUT2D eigenvalue weighted by molar-refractivity contribution is 0.100. The number of nitrogens with two attached hydrogens (primary N) is 1. The minimum absolute atomic E-state index is 0.216. The van der Waals surface area contributed by atoms with Crippen molar-refractivity contribution in [2.45, 2.75) is 19.0 Å². The molecule has 0 aliphatic heterocycles. The van der Waals surface area contributed by atoms with Crippen LogP contribution in [0.1, 0.15) is 20.9 Å². The quantitative estimate of drug-likeness (QED) is 0.733. The normalized spacial score (nSPS) is 12.5. The maximum atomic E-state index is 11.8. The summed E-state index contributed by atoms with van der Waals surface area (Å²) in [5.74, 6) is -0.507. The Morgan fingerprint density at radius 1 is 1.22 bits per heavy atom. The van der Waals surface area contributed by atoms with Crippen LogP contribution >= 0.6 is 11.3 Å². The lowest BCUT2D eigenvalue weighted by atomic mass is 10.1. The number of primary amides is 1. The summed E-state index contributed by atoms with van der Waals surface area (Å²) in [7, 11) is -1.34. The van der Waals surface area contributed by atoms with Crippen LogP contribution in [0.15, 0.2) is 23.4 Å². The highest BCUT2D eigenvalue weighted by atomic mass is 32.2. The Hall–Kier alpha value is -2.19. The van der Waals surface area contributed by atoms with Gasteiger partial charge in [-0.05, 0) is 31.5 Å². The summed E-state index contributed by atoms with van der Waals surface area (Å²) >= 11 is 1.19. The Balaban J connectivity index is 2.42. The van der Waals surface area contributed by atoms with Gasteiger partial charge in [-0.2, -0.15) is 0 Å². The van der Waals surface area contributed by atoms with E-state index in [-0.39, 0.29) is 5.16 Å². The van der Waals surface area contributed by atoms with Crippen molar-refractivity contribution in [1.82, 2.24) is 15.0 Å². The van der Waals surface area contributed by atoms with E-state index in [4.69, 9.17) is 5.73 Å². The molecule has 3 aromatic rings. The van der Waals surface area contributed by atoms with E-state index in [0.29, 0.717) is 21.1 Å². The van der Waals surface area contributed by atoms with Crippen LogP contribution < -0.4 is 5.73 Å². The smallest absolute Gasteiger partial charge is 0.259 e. The van der Waals surface area contributed by atoms with E-state index >= 15 is 0 Å². The fourth-order valence-electron chi connectivity index (χ4n) is 2.34. The van der Waals surface area contributed by atoms with Crippen LogP contribution in [0.4, 0.5) is 0 Å². The second-order valence-electron chi connectivity index (χ2n) is 5.07. The first-order chi connectivity index (χ1) is 10.9. The molecule has 0 fully saturated rings. The van der Waals surface area contributed by atoms with Gasteiger partial charge in [0.15, 0.2) is 0 Å². The molecule has 1 amide bonds. The molecule has 0 spiro atoms. The average Bonchev–Trinajstić information content (AvgIpc) is 2.84. The molecule has 0 radical (unpaired) electrons. The molecule has 3 heterocycles. The standard InChI is InChI=1S/C15H14N4O2S2/c1-7-5-4-6-9(17-7)11-10-8(2)12(13(16)20)22-14(10)19-15(18-11)23(3)21/h4-6H,1-3H3,(H2,16,20). The summed E-state index contributed by atoms with van der Waals surface area (Å²) in [5.41, 5.74) is 8.23. The van der Waals surface area contributed by atoms with E-state index in [1.165, 1.54) is 17.6 Å². The first kappa shape index (κ1) is 15.7. The van der Waals surface area contributed by atoms with E-state index < -0.39 is 16.7 Å². The van der Waals surface area contributed by atoms with E-state index in [2.05, 4.69) is 15.0 Å². The lowest BCUT2D eigenvalue weighted by Crippen LogP contribution is -2.09. The van der Waals surface area contributed by atoms with Crippen LogP contribution in [0.3, 0.4) is 0 Å². The van der Waals surface area contributed by atoms with E-state index in [0.717, 1.165) is 16.6 Å². The maximum Gasteiger partial charge on any atom is 0.259 e. The lowest BCUT2D eigenvalue weighted by Gasteiger charge is -2.06. The first-order valence-electron chi connectivity index (χ1n) is 6.77. The molecule has 3 rings (SSSR count). The summed E-state index contributed by atoms with van der Waals surface area (Å²) in [6, 6.07) is 5.60. The predicted octanol–water partition coefficient (Wildman–Crippen LogP) is 2.21. The second kappa shape index (κ2) is 5.78. The Morgan fingerprint density at radius 2 is 1.96 bits per heavy atom. The molecule has 118 valence electrons. The predicted molar refractivity (Wildman–Crippen MR) is 91.0 cm³/mol. The number of carbonyl (C=O) groups is 1. The fraction of sp³-hybridized carbons (Fsp3) is 0.200. The molecule has 3 aromatic heterocycles. The molecule has 0 saturated heterocycles. The zero-order valence-electron chi connectivity index (χ0n) is 12.8. The molecule has 0 aromatic carbocycles. The minimum atomic E-state index is -1.34. The Bertz CT molecular complexity index is 966. The van der Waals surface area contributed by atoms with E-state index in [1.54, 1.807) is 0 Å². The molecule has 2 N–H and O–H groups in total. The number of pyridine rings is 1. The largest absolute Gasteiger partial charge is 0.365 e. The number of thiophene rings is 1. The van der Waals surface area contributed by atoms with E-state index in [1.807, 2.05) is 32.0 Å². The van der Waals surface area contributed by atoms with Gasteiger partial charge in [-0.25, -0.2) is 9.97 Å². The number of aryl methyl sites for hydroxylation is 2.